The first-order chi connectivity index (χ1) is 12.8. The van der Waals surface area contributed by atoms with Crippen LogP contribution in [0.4, 0.5) is 0 Å². The predicted octanol–water partition coefficient (Wildman–Crippen LogP) is 6.05. The fraction of sp³-hybridized carbons (Fsp3) is 0.292. The zero-order valence-corrected chi connectivity index (χ0v) is 16.7. The van der Waals surface area contributed by atoms with Crippen molar-refractivity contribution in [3.63, 3.8) is 0 Å². The van der Waals surface area contributed by atoms with E-state index in [1.54, 1.807) is 0 Å². The SMILES string of the molecule is Cc1cc(C)cc(-c2nnnc3c2ccc2cccc(CC(C)(C)C)c23)c1. The van der Waals surface area contributed by atoms with Gasteiger partial charge in [0.1, 0.15) is 11.2 Å². The fourth-order valence-corrected chi connectivity index (χ4v) is 3.94. The first-order valence-corrected chi connectivity index (χ1v) is 9.44. The third-order valence-corrected chi connectivity index (χ3v) is 4.86. The smallest absolute Gasteiger partial charge is 0.105 e. The van der Waals surface area contributed by atoms with Gasteiger partial charge in [-0.2, -0.15) is 0 Å². The zero-order chi connectivity index (χ0) is 19.2. The Morgan fingerprint density at radius 1 is 0.852 bits per heavy atom. The summed E-state index contributed by atoms with van der Waals surface area (Å²) in [4.78, 5) is 0. The maximum absolute atomic E-state index is 4.47. The van der Waals surface area contributed by atoms with Crippen LogP contribution in [-0.2, 0) is 6.42 Å². The first-order valence-electron chi connectivity index (χ1n) is 9.44. The van der Waals surface area contributed by atoms with Crippen LogP contribution in [0.1, 0.15) is 37.5 Å². The summed E-state index contributed by atoms with van der Waals surface area (Å²) in [6.45, 7) is 11.0. The molecular formula is C24H25N3. The minimum absolute atomic E-state index is 0.202. The minimum Gasteiger partial charge on any atom is -0.129 e. The molecular weight excluding hydrogens is 330 g/mol. The molecule has 0 bridgehead atoms. The Bertz CT molecular complexity index is 1130. The molecule has 0 aliphatic heterocycles. The highest BCUT2D eigenvalue weighted by molar-refractivity contribution is 6.10. The molecule has 0 unspecified atom stereocenters. The molecule has 3 aromatic carbocycles. The minimum atomic E-state index is 0.202. The number of hydrogen-bond donors (Lipinski definition) is 0. The van der Waals surface area contributed by atoms with Crippen molar-refractivity contribution in [3.8, 4) is 11.3 Å². The number of hydrogen-bond acceptors (Lipinski definition) is 3. The van der Waals surface area contributed by atoms with Crippen LogP contribution in [0.5, 0.6) is 0 Å². The fourth-order valence-electron chi connectivity index (χ4n) is 3.94. The quantitative estimate of drug-likeness (QED) is 0.411. The average molecular weight is 355 g/mol. The number of rotatable bonds is 2. The van der Waals surface area contributed by atoms with Crippen molar-refractivity contribution in [1.82, 2.24) is 15.4 Å². The number of nitrogens with zero attached hydrogens (tertiary/aromatic N) is 3. The number of aryl methyl sites for hydroxylation is 2. The summed E-state index contributed by atoms with van der Waals surface area (Å²) in [6.07, 6.45) is 0.992. The molecule has 27 heavy (non-hydrogen) atoms. The lowest BCUT2D eigenvalue weighted by atomic mass is 9.85. The lowest BCUT2D eigenvalue weighted by molar-refractivity contribution is 0.412. The first kappa shape index (κ1) is 17.6. The van der Waals surface area contributed by atoms with Gasteiger partial charge in [-0.15, -0.1) is 10.2 Å². The standard InChI is InChI=1S/C24H25N3/c1-15-11-16(2)13-19(12-15)22-20-10-9-17-7-6-8-18(14-24(3,4)5)21(17)23(20)26-27-25-22/h6-13H,14H2,1-5H3. The van der Waals surface area contributed by atoms with E-state index >= 15 is 0 Å². The molecule has 0 amide bonds. The molecule has 3 nitrogen and oxygen atoms in total. The van der Waals surface area contributed by atoms with Crippen molar-refractivity contribution in [1.29, 1.82) is 0 Å². The van der Waals surface area contributed by atoms with Gasteiger partial charge in [0.05, 0.1) is 0 Å². The summed E-state index contributed by atoms with van der Waals surface area (Å²) in [5.41, 5.74) is 6.91. The molecule has 4 aromatic rings. The van der Waals surface area contributed by atoms with E-state index in [-0.39, 0.29) is 5.41 Å². The lowest BCUT2D eigenvalue weighted by Crippen LogP contribution is -2.09. The van der Waals surface area contributed by atoms with Crippen molar-refractivity contribution in [2.24, 2.45) is 5.41 Å². The van der Waals surface area contributed by atoms with Crippen LogP contribution in [0.3, 0.4) is 0 Å². The second-order valence-electron chi connectivity index (χ2n) is 8.73. The number of benzene rings is 3. The van der Waals surface area contributed by atoms with Crippen LogP contribution >= 0.6 is 0 Å². The van der Waals surface area contributed by atoms with E-state index in [1.165, 1.54) is 27.5 Å². The summed E-state index contributed by atoms with van der Waals surface area (Å²) in [6, 6.07) is 17.3. The lowest BCUT2D eigenvalue weighted by Gasteiger charge is -2.20. The number of aromatic nitrogens is 3. The van der Waals surface area contributed by atoms with E-state index in [4.69, 9.17) is 0 Å². The van der Waals surface area contributed by atoms with Crippen LogP contribution in [0.25, 0.3) is 32.9 Å². The molecule has 3 heteroatoms. The molecule has 1 aromatic heterocycles. The molecule has 0 atom stereocenters. The van der Waals surface area contributed by atoms with E-state index < -0.39 is 0 Å². The van der Waals surface area contributed by atoms with Crippen LogP contribution in [-0.4, -0.2) is 15.4 Å². The predicted molar refractivity (Wildman–Crippen MR) is 113 cm³/mol. The Morgan fingerprint density at radius 2 is 1.59 bits per heavy atom. The highest BCUT2D eigenvalue weighted by atomic mass is 15.3. The molecule has 0 N–H and O–H groups in total. The third-order valence-electron chi connectivity index (χ3n) is 4.86. The topological polar surface area (TPSA) is 38.7 Å². The molecule has 0 fully saturated rings. The summed E-state index contributed by atoms with van der Waals surface area (Å²) < 4.78 is 0. The molecule has 0 aliphatic rings. The molecule has 1 heterocycles. The molecule has 0 aliphatic carbocycles. The van der Waals surface area contributed by atoms with E-state index in [9.17, 15) is 0 Å². The second kappa shape index (κ2) is 6.41. The maximum atomic E-state index is 4.47. The molecule has 0 radical (unpaired) electrons. The molecule has 0 spiro atoms. The van der Waals surface area contributed by atoms with Gasteiger partial charge in [0, 0.05) is 16.3 Å². The van der Waals surface area contributed by atoms with Gasteiger partial charge in [0.25, 0.3) is 0 Å². The summed E-state index contributed by atoms with van der Waals surface area (Å²) in [7, 11) is 0. The van der Waals surface area contributed by atoms with Crippen molar-refractivity contribution < 1.29 is 0 Å². The van der Waals surface area contributed by atoms with Crippen molar-refractivity contribution in [3.05, 3.63) is 65.2 Å². The monoisotopic (exact) mass is 355 g/mol. The Balaban J connectivity index is 2.04. The van der Waals surface area contributed by atoms with Crippen LogP contribution in [0.15, 0.2) is 48.5 Å². The van der Waals surface area contributed by atoms with Crippen molar-refractivity contribution >= 4 is 21.7 Å². The van der Waals surface area contributed by atoms with E-state index in [2.05, 4.69) is 98.6 Å². The summed E-state index contributed by atoms with van der Waals surface area (Å²) >= 11 is 0. The summed E-state index contributed by atoms with van der Waals surface area (Å²) in [5.74, 6) is 0. The third kappa shape index (κ3) is 3.42. The molecule has 0 saturated carbocycles. The highest BCUT2D eigenvalue weighted by Crippen LogP contribution is 2.34. The molecule has 136 valence electrons. The normalized spacial score (nSPS) is 12.0. The van der Waals surface area contributed by atoms with Crippen LogP contribution in [0.2, 0.25) is 0 Å². The van der Waals surface area contributed by atoms with Gasteiger partial charge in [-0.3, -0.25) is 0 Å². The van der Waals surface area contributed by atoms with Crippen LogP contribution in [0, 0.1) is 19.3 Å². The van der Waals surface area contributed by atoms with E-state index in [1.807, 2.05) is 0 Å². The maximum Gasteiger partial charge on any atom is 0.105 e. The Kier molecular flexibility index (Phi) is 4.18. The highest BCUT2D eigenvalue weighted by Gasteiger charge is 2.17. The van der Waals surface area contributed by atoms with Gasteiger partial charge in [0.15, 0.2) is 0 Å². The van der Waals surface area contributed by atoms with Crippen molar-refractivity contribution in [2.75, 3.05) is 0 Å². The average Bonchev–Trinajstić information content (AvgIpc) is 2.59. The Labute approximate surface area is 160 Å². The largest absolute Gasteiger partial charge is 0.129 e. The Hall–Kier alpha value is -2.81. The Morgan fingerprint density at radius 3 is 2.30 bits per heavy atom. The van der Waals surface area contributed by atoms with Crippen molar-refractivity contribution in [2.45, 2.75) is 41.0 Å². The molecule has 4 rings (SSSR count). The van der Waals surface area contributed by atoms with Gasteiger partial charge >= 0.3 is 0 Å². The van der Waals surface area contributed by atoms with Crippen LogP contribution < -0.4 is 0 Å². The zero-order valence-electron chi connectivity index (χ0n) is 16.7. The number of fused-ring (bicyclic) bond motifs is 3. The summed E-state index contributed by atoms with van der Waals surface area (Å²) in [5, 5.41) is 16.5. The van der Waals surface area contributed by atoms with Gasteiger partial charge in [-0.1, -0.05) is 62.2 Å². The van der Waals surface area contributed by atoms with Gasteiger partial charge < -0.3 is 0 Å². The van der Waals surface area contributed by atoms with Gasteiger partial charge in [-0.25, -0.2) is 0 Å². The second-order valence-corrected chi connectivity index (χ2v) is 8.73. The van der Waals surface area contributed by atoms with E-state index in [0.29, 0.717) is 0 Å². The van der Waals surface area contributed by atoms with Gasteiger partial charge in [0.2, 0.25) is 0 Å². The van der Waals surface area contributed by atoms with E-state index in [0.717, 1.165) is 28.6 Å². The van der Waals surface area contributed by atoms with Gasteiger partial charge in [-0.05, 0) is 60.0 Å². The molecule has 0 saturated heterocycles.